The lowest BCUT2D eigenvalue weighted by atomic mass is 10.1. The Morgan fingerprint density at radius 3 is 2.63 bits per heavy atom. The molecule has 2 aromatic carbocycles. The molecule has 0 spiro atoms. The second-order valence-electron chi connectivity index (χ2n) is 4.21. The second kappa shape index (κ2) is 4.97. The molecule has 0 heterocycles. The average molecular weight is 260 g/mol. The van der Waals surface area contributed by atoms with Crippen LogP contribution in [0.1, 0.15) is 15.9 Å². The highest BCUT2D eigenvalue weighted by molar-refractivity contribution is 6.06. The van der Waals surface area contributed by atoms with Gasteiger partial charge in [-0.25, -0.2) is 4.39 Å². The fourth-order valence-corrected chi connectivity index (χ4v) is 1.64. The molecule has 98 valence electrons. The van der Waals surface area contributed by atoms with Crippen molar-refractivity contribution in [1.29, 1.82) is 0 Å². The smallest absolute Gasteiger partial charge is 0.259 e. The molecule has 2 rings (SSSR count). The number of amides is 1. The van der Waals surface area contributed by atoms with Gasteiger partial charge in [0, 0.05) is 5.69 Å². The number of rotatable bonds is 2. The summed E-state index contributed by atoms with van der Waals surface area (Å²) in [5, 5.41) is 12.2. The van der Waals surface area contributed by atoms with E-state index in [0.717, 1.165) is 11.6 Å². The third kappa shape index (κ3) is 2.82. The van der Waals surface area contributed by atoms with Crippen molar-refractivity contribution < 1.29 is 14.3 Å². The Hall–Kier alpha value is -2.56. The Morgan fingerprint density at radius 1 is 1.26 bits per heavy atom. The lowest BCUT2D eigenvalue weighted by molar-refractivity contribution is 0.102. The van der Waals surface area contributed by atoms with E-state index in [0.29, 0.717) is 0 Å². The maximum Gasteiger partial charge on any atom is 0.259 e. The zero-order chi connectivity index (χ0) is 14.0. The molecule has 0 aromatic heterocycles. The Balaban J connectivity index is 2.23. The fraction of sp³-hybridized carbons (Fsp3) is 0.0714. The van der Waals surface area contributed by atoms with E-state index in [1.54, 1.807) is 13.0 Å². The molecule has 0 aliphatic carbocycles. The molecule has 0 saturated carbocycles. The first-order chi connectivity index (χ1) is 8.97. The first kappa shape index (κ1) is 12.9. The third-order valence-electron chi connectivity index (χ3n) is 2.66. The molecule has 1 amide bonds. The lowest BCUT2D eigenvalue weighted by Crippen LogP contribution is -2.12. The van der Waals surface area contributed by atoms with E-state index in [1.165, 1.54) is 24.3 Å². The number of aromatic hydroxyl groups is 1. The molecule has 19 heavy (non-hydrogen) atoms. The van der Waals surface area contributed by atoms with Gasteiger partial charge in [-0.05, 0) is 42.8 Å². The maximum absolute atomic E-state index is 13.2. The zero-order valence-electron chi connectivity index (χ0n) is 10.3. The highest BCUT2D eigenvalue weighted by atomic mass is 19.1. The number of phenols is 1. The van der Waals surface area contributed by atoms with Crippen LogP contribution in [0.3, 0.4) is 0 Å². The number of nitrogen functional groups attached to an aromatic ring is 1. The highest BCUT2D eigenvalue weighted by Crippen LogP contribution is 2.21. The minimum Gasteiger partial charge on any atom is -0.507 e. The number of anilines is 2. The molecule has 0 radical (unpaired) electrons. The normalized spacial score (nSPS) is 10.2. The summed E-state index contributed by atoms with van der Waals surface area (Å²) in [4.78, 5) is 11.9. The number of aryl methyl sites for hydroxylation is 1. The summed E-state index contributed by atoms with van der Waals surface area (Å²) in [6, 6.07) is 8.67. The van der Waals surface area contributed by atoms with Gasteiger partial charge in [-0.1, -0.05) is 6.07 Å². The van der Waals surface area contributed by atoms with E-state index in [9.17, 15) is 14.3 Å². The second-order valence-corrected chi connectivity index (χ2v) is 4.21. The summed E-state index contributed by atoms with van der Waals surface area (Å²) in [5.41, 5.74) is 6.60. The minimum atomic E-state index is -0.606. The number of hydrogen-bond acceptors (Lipinski definition) is 3. The van der Waals surface area contributed by atoms with Crippen LogP contribution in [0.15, 0.2) is 36.4 Å². The molecule has 5 heteroatoms. The van der Waals surface area contributed by atoms with Gasteiger partial charge in [0.2, 0.25) is 0 Å². The van der Waals surface area contributed by atoms with E-state index in [2.05, 4.69) is 5.32 Å². The van der Waals surface area contributed by atoms with Gasteiger partial charge in [0.05, 0.1) is 11.3 Å². The monoisotopic (exact) mass is 260 g/mol. The first-order valence-corrected chi connectivity index (χ1v) is 5.63. The standard InChI is InChI=1S/C14H13FN2O2/c1-8-2-4-10(13(18)6-8)14(19)17-9-3-5-12(16)11(15)7-9/h2-7,18H,16H2,1H3,(H,17,19). The van der Waals surface area contributed by atoms with Gasteiger partial charge in [0.25, 0.3) is 5.91 Å². The molecule has 0 atom stereocenters. The SMILES string of the molecule is Cc1ccc(C(=O)Nc2ccc(N)c(F)c2)c(O)c1. The molecule has 2 aromatic rings. The van der Waals surface area contributed by atoms with Crippen LogP contribution < -0.4 is 11.1 Å². The Kier molecular flexibility index (Phi) is 3.37. The van der Waals surface area contributed by atoms with Gasteiger partial charge in [-0.15, -0.1) is 0 Å². The van der Waals surface area contributed by atoms with E-state index in [4.69, 9.17) is 5.73 Å². The van der Waals surface area contributed by atoms with E-state index >= 15 is 0 Å². The van der Waals surface area contributed by atoms with Crippen molar-refractivity contribution in [3.8, 4) is 5.75 Å². The number of halogens is 1. The molecule has 0 unspecified atom stereocenters. The molecule has 4 N–H and O–H groups in total. The van der Waals surface area contributed by atoms with Crippen molar-refractivity contribution in [3.63, 3.8) is 0 Å². The van der Waals surface area contributed by atoms with Crippen molar-refractivity contribution in [3.05, 3.63) is 53.3 Å². The van der Waals surface area contributed by atoms with Gasteiger partial charge in [-0.3, -0.25) is 4.79 Å². The van der Waals surface area contributed by atoms with Crippen LogP contribution in [-0.4, -0.2) is 11.0 Å². The first-order valence-electron chi connectivity index (χ1n) is 5.63. The van der Waals surface area contributed by atoms with Crippen LogP contribution in [0.2, 0.25) is 0 Å². The summed E-state index contributed by atoms with van der Waals surface area (Å²) < 4.78 is 13.2. The predicted molar refractivity (Wildman–Crippen MR) is 71.6 cm³/mol. The Bertz CT molecular complexity index is 641. The Labute approximate surface area is 109 Å². The van der Waals surface area contributed by atoms with Crippen molar-refractivity contribution in [2.75, 3.05) is 11.1 Å². The molecule has 0 saturated heterocycles. The molecule has 0 fully saturated rings. The topological polar surface area (TPSA) is 75.4 Å². The summed E-state index contributed by atoms with van der Waals surface area (Å²) in [5.74, 6) is -1.24. The van der Waals surface area contributed by atoms with Crippen LogP contribution in [0.4, 0.5) is 15.8 Å². The number of phenolic OH excluding ortho intramolecular Hbond substituents is 1. The van der Waals surface area contributed by atoms with Crippen LogP contribution in [0.25, 0.3) is 0 Å². The number of carbonyl (C=O) groups excluding carboxylic acids is 1. The predicted octanol–water partition coefficient (Wildman–Crippen LogP) is 2.67. The van der Waals surface area contributed by atoms with Gasteiger partial charge >= 0.3 is 0 Å². The van der Waals surface area contributed by atoms with Gasteiger partial charge < -0.3 is 16.2 Å². The van der Waals surface area contributed by atoms with Crippen LogP contribution in [0, 0.1) is 12.7 Å². The molecular formula is C14H13FN2O2. The van der Waals surface area contributed by atoms with Crippen LogP contribution >= 0.6 is 0 Å². The molecule has 0 aliphatic rings. The summed E-state index contributed by atoms with van der Waals surface area (Å²) >= 11 is 0. The van der Waals surface area contributed by atoms with E-state index in [1.807, 2.05) is 0 Å². The number of hydrogen-bond donors (Lipinski definition) is 3. The molecule has 0 aliphatic heterocycles. The van der Waals surface area contributed by atoms with Gasteiger partial charge in [0.1, 0.15) is 11.6 Å². The number of carbonyl (C=O) groups is 1. The van der Waals surface area contributed by atoms with Crippen molar-refractivity contribution in [2.24, 2.45) is 0 Å². The quantitative estimate of drug-likeness (QED) is 0.727. The van der Waals surface area contributed by atoms with Crippen LogP contribution in [-0.2, 0) is 0 Å². The zero-order valence-corrected chi connectivity index (χ0v) is 10.3. The van der Waals surface area contributed by atoms with E-state index in [-0.39, 0.29) is 22.7 Å². The number of benzene rings is 2. The number of nitrogens with one attached hydrogen (secondary N) is 1. The lowest BCUT2D eigenvalue weighted by Gasteiger charge is -2.08. The molecule has 4 nitrogen and oxygen atoms in total. The summed E-state index contributed by atoms with van der Waals surface area (Å²) in [7, 11) is 0. The third-order valence-corrected chi connectivity index (χ3v) is 2.66. The van der Waals surface area contributed by atoms with Crippen molar-refractivity contribution in [2.45, 2.75) is 6.92 Å². The Morgan fingerprint density at radius 2 is 2.00 bits per heavy atom. The van der Waals surface area contributed by atoms with Crippen molar-refractivity contribution in [1.82, 2.24) is 0 Å². The summed E-state index contributed by atoms with van der Waals surface area (Å²) in [6.45, 7) is 1.80. The highest BCUT2D eigenvalue weighted by Gasteiger charge is 2.12. The van der Waals surface area contributed by atoms with E-state index < -0.39 is 11.7 Å². The summed E-state index contributed by atoms with van der Waals surface area (Å²) in [6.07, 6.45) is 0. The minimum absolute atomic E-state index is 0.0104. The van der Waals surface area contributed by atoms with Crippen LogP contribution in [0.5, 0.6) is 5.75 Å². The number of nitrogens with two attached hydrogens (primary N) is 1. The maximum atomic E-state index is 13.2. The van der Waals surface area contributed by atoms with Crippen molar-refractivity contribution >= 4 is 17.3 Å². The van der Waals surface area contributed by atoms with Gasteiger partial charge in [0.15, 0.2) is 0 Å². The average Bonchev–Trinajstić information content (AvgIpc) is 2.33. The fourth-order valence-electron chi connectivity index (χ4n) is 1.64. The largest absolute Gasteiger partial charge is 0.507 e. The molecular weight excluding hydrogens is 247 g/mol. The molecule has 0 bridgehead atoms. The van der Waals surface area contributed by atoms with Gasteiger partial charge in [-0.2, -0.15) is 0 Å².